The largest absolute Gasteiger partial charge is 0.372 e. The number of nitrogens with zero attached hydrogens (tertiary/aromatic N) is 3. The molecular formula is C29H37N3. The highest BCUT2D eigenvalue weighted by Gasteiger charge is 2.07. The molecule has 0 heterocycles. The van der Waals surface area contributed by atoms with E-state index in [-0.39, 0.29) is 0 Å². The zero-order valence-corrected chi connectivity index (χ0v) is 20.1. The third kappa shape index (κ3) is 6.78. The molecule has 0 aromatic heterocycles. The Morgan fingerprint density at radius 3 is 1.75 bits per heavy atom. The molecule has 0 radical (unpaired) electrons. The van der Waals surface area contributed by atoms with E-state index in [4.69, 9.17) is 0 Å². The molecule has 0 N–H and O–H groups in total. The third-order valence-electron chi connectivity index (χ3n) is 6.11. The highest BCUT2D eigenvalue weighted by Crippen LogP contribution is 2.25. The van der Waals surface area contributed by atoms with Crippen molar-refractivity contribution in [2.45, 2.75) is 59.3 Å². The zero-order chi connectivity index (χ0) is 22.8. The Bertz CT molecular complexity index is 953. The number of benzene rings is 3. The Morgan fingerprint density at radius 2 is 1.22 bits per heavy atom. The van der Waals surface area contributed by atoms with Gasteiger partial charge in [-0.05, 0) is 92.1 Å². The first-order valence-corrected chi connectivity index (χ1v) is 12.1. The van der Waals surface area contributed by atoms with Crippen molar-refractivity contribution in [3.05, 3.63) is 89.5 Å². The van der Waals surface area contributed by atoms with Crippen LogP contribution < -0.4 is 4.90 Å². The molecule has 0 saturated carbocycles. The van der Waals surface area contributed by atoms with Gasteiger partial charge in [-0.2, -0.15) is 10.2 Å². The van der Waals surface area contributed by atoms with Gasteiger partial charge in [-0.1, -0.05) is 56.7 Å². The summed E-state index contributed by atoms with van der Waals surface area (Å²) in [4.78, 5) is 2.32. The number of anilines is 1. The minimum atomic E-state index is 0.493. The summed E-state index contributed by atoms with van der Waals surface area (Å²) in [5.74, 6) is 0.493. The highest BCUT2D eigenvalue weighted by molar-refractivity contribution is 5.52. The van der Waals surface area contributed by atoms with Gasteiger partial charge in [0.05, 0.1) is 11.4 Å². The standard InChI is InChI=1S/C29H37N3/c1-5-8-9-24-10-14-26(15-11-24)23(4)22-25-12-16-27(17-13-25)30-31-28-18-20-29(21-19-28)32(6-2)7-3/h10-21,23H,5-9,22H2,1-4H3. The summed E-state index contributed by atoms with van der Waals surface area (Å²) in [5.41, 5.74) is 7.16. The molecular weight excluding hydrogens is 390 g/mol. The Kier molecular flexibility index (Phi) is 9.03. The minimum Gasteiger partial charge on any atom is -0.372 e. The van der Waals surface area contributed by atoms with E-state index in [2.05, 4.69) is 103 Å². The van der Waals surface area contributed by atoms with Crippen LogP contribution in [0, 0.1) is 0 Å². The first-order chi connectivity index (χ1) is 15.6. The van der Waals surface area contributed by atoms with E-state index in [9.17, 15) is 0 Å². The SMILES string of the molecule is CCCCc1ccc(C(C)Cc2ccc(N=Nc3ccc(N(CC)CC)cc3)cc2)cc1. The molecule has 3 nitrogen and oxygen atoms in total. The smallest absolute Gasteiger partial charge is 0.0858 e. The van der Waals surface area contributed by atoms with E-state index in [1.54, 1.807) is 0 Å². The van der Waals surface area contributed by atoms with Gasteiger partial charge in [-0.25, -0.2) is 0 Å². The molecule has 1 unspecified atom stereocenters. The summed E-state index contributed by atoms with van der Waals surface area (Å²) >= 11 is 0. The predicted octanol–water partition coefficient (Wildman–Crippen LogP) is 8.64. The van der Waals surface area contributed by atoms with Crippen LogP contribution in [-0.4, -0.2) is 13.1 Å². The molecule has 0 fully saturated rings. The van der Waals surface area contributed by atoms with Gasteiger partial charge in [0, 0.05) is 18.8 Å². The van der Waals surface area contributed by atoms with Crippen molar-refractivity contribution in [2.75, 3.05) is 18.0 Å². The fourth-order valence-electron chi connectivity index (χ4n) is 4.00. The van der Waals surface area contributed by atoms with Gasteiger partial charge in [0.1, 0.15) is 0 Å². The number of hydrogen-bond donors (Lipinski definition) is 0. The number of aryl methyl sites for hydroxylation is 1. The van der Waals surface area contributed by atoms with Crippen LogP contribution in [0.5, 0.6) is 0 Å². The number of hydrogen-bond acceptors (Lipinski definition) is 3. The fraction of sp³-hybridized carbons (Fsp3) is 0.379. The maximum absolute atomic E-state index is 4.42. The number of rotatable bonds is 11. The molecule has 3 aromatic rings. The number of unbranched alkanes of at least 4 members (excludes halogenated alkanes) is 1. The molecule has 3 heteroatoms. The predicted molar refractivity (Wildman–Crippen MR) is 138 cm³/mol. The maximum atomic E-state index is 4.42. The Hall–Kier alpha value is -2.94. The van der Waals surface area contributed by atoms with Crippen LogP contribution in [-0.2, 0) is 12.8 Å². The molecule has 0 bridgehead atoms. The molecule has 3 aromatic carbocycles. The van der Waals surface area contributed by atoms with Crippen LogP contribution in [0.25, 0.3) is 0 Å². The number of azo groups is 1. The lowest BCUT2D eigenvalue weighted by Crippen LogP contribution is -2.21. The summed E-state index contributed by atoms with van der Waals surface area (Å²) in [6.45, 7) is 10.9. The second kappa shape index (κ2) is 12.2. The van der Waals surface area contributed by atoms with E-state index in [1.165, 1.54) is 41.6 Å². The molecule has 1 atom stereocenters. The Balaban J connectivity index is 1.56. The average Bonchev–Trinajstić information content (AvgIpc) is 2.84. The normalized spacial score (nSPS) is 12.2. The van der Waals surface area contributed by atoms with Crippen molar-refractivity contribution in [1.29, 1.82) is 0 Å². The van der Waals surface area contributed by atoms with Gasteiger partial charge in [-0.3, -0.25) is 0 Å². The van der Waals surface area contributed by atoms with Crippen LogP contribution in [0.15, 0.2) is 83.0 Å². The van der Waals surface area contributed by atoms with Gasteiger partial charge in [0.2, 0.25) is 0 Å². The van der Waals surface area contributed by atoms with Crippen LogP contribution >= 0.6 is 0 Å². The topological polar surface area (TPSA) is 28.0 Å². The third-order valence-corrected chi connectivity index (χ3v) is 6.11. The molecule has 0 saturated heterocycles. The molecule has 0 amide bonds. The highest BCUT2D eigenvalue weighted by atomic mass is 15.1. The second-order valence-corrected chi connectivity index (χ2v) is 8.51. The lowest BCUT2D eigenvalue weighted by Gasteiger charge is -2.20. The fourth-order valence-corrected chi connectivity index (χ4v) is 4.00. The van der Waals surface area contributed by atoms with Crippen molar-refractivity contribution >= 4 is 17.1 Å². The molecule has 0 aliphatic rings. The molecule has 3 rings (SSSR count). The summed E-state index contributed by atoms with van der Waals surface area (Å²) in [5, 5.41) is 8.82. The van der Waals surface area contributed by atoms with Gasteiger partial charge in [0.25, 0.3) is 0 Å². The Morgan fingerprint density at radius 1 is 0.688 bits per heavy atom. The van der Waals surface area contributed by atoms with Crippen LogP contribution in [0.4, 0.5) is 17.1 Å². The molecule has 0 aliphatic heterocycles. The molecule has 168 valence electrons. The maximum Gasteiger partial charge on any atom is 0.0858 e. The van der Waals surface area contributed by atoms with Crippen molar-refractivity contribution in [1.82, 2.24) is 0 Å². The van der Waals surface area contributed by atoms with Gasteiger partial charge >= 0.3 is 0 Å². The monoisotopic (exact) mass is 427 g/mol. The van der Waals surface area contributed by atoms with Crippen molar-refractivity contribution in [3.8, 4) is 0 Å². The van der Waals surface area contributed by atoms with Gasteiger partial charge in [-0.15, -0.1) is 0 Å². The van der Waals surface area contributed by atoms with E-state index in [0.717, 1.165) is 30.9 Å². The van der Waals surface area contributed by atoms with Gasteiger partial charge < -0.3 is 4.90 Å². The molecule has 32 heavy (non-hydrogen) atoms. The van der Waals surface area contributed by atoms with E-state index in [1.807, 2.05) is 12.1 Å². The summed E-state index contributed by atoms with van der Waals surface area (Å²) < 4.78 is 0. The first-order valence-electron chi connectivity index (χ1n) is 12.1. The quantitative estimate of drug-likeness (QED) is 0.281. The first kappa shape index (κ1) is 23.7. The van der Waals surface area contributed by atoms with Crippen LogP contribution in [0.2, 0.25) is 0 Å². The lowest BCUT2D eigenvalue weighted by atomic mass is 9.92. The van der Waals surface area contributed by atoms with Crippen LogP contribution in [0.1, 0.15) is 63.1 Å². The minimum absolute atomic E-state index is 0.493. The second-order valence-electron chi connectivity index (χ2n) is 8.51. The van der Waals surface area contributed by atoms with Crippen molar-refractivity contribution in [2.24, 2.45) is 10.2 Å². The molecule has 0 spiro atoms. The summed E-state index contributed by atoms with van der Waals surface area (Å²) in [7, 11) is 0. The van der Waals surface area contributed by atoms with Crippen molar-refractivity contribution in [3.63, 3.8) is 0 Å². The zero-order valence-electron chi connectivity index (χ0n) is 20.1. The van der Waals surface area contributed by atoms with Crippen molar-refractivity contribution < 1.29 is 0 Å². The van der Waals surface area contributed by atoms with Crippen LogP contribution in [0.3, 0.4) is 0 Å². The van der Waals surface area contributed by atoms with Gasteiger partial charge in [0.15, 0.2) is 0 Å². The summed E-state index contributed by atoms with van der Waals surface area (Å²) in [6.07, 6.45) is 4.72. The molecule has 0 aliphatic carbocycles. The van der Waals surface area contributed by atoms with E-state index < -0.39 is 0 Å². The summed E-state index contributed by atoms with van der Waals surface area (Å²) in [6, 6.07) is 25.9. The van der Waals surface area contributed by atoms with E-state index >= 15 is 0 Å². The lowest BCUT2D eigenvalue weighted by molar-refractivity contribution is 0.755. The van der Waals surface area contributed by atoms with E-state index in [0.29, 0.717) is 5.92 Å². The Labute approximate surface area is 194 Å². The average molecular weight is 428 g/mol.